The number of nitrogens with one attached hydrogen (secondary N) is 2. The molecule has 2 N–H and O–H groups in total. The van der Waals surface area contributed by atoms with Crippen LogP contribution in [-0.2, 0) is 16.0 Å². The summed E-state index contributed by atoms with van der Waals surface area (Å²) in [5.74, 6) is 2.31. The van der Waals surface area contributed by atoms with Gasteiger partial charge < -0.3 is 24.8 Å². The van der Waals surface area contributed by atoms with E-state index in [2.05, 4.69) is 20.6 Å². The normalized spacial score (nSPS) is 15.6. The molecule has 0 spiro atoms. The van der Waals surface area contributed by atoms with Crippen molar-refractivity contribution in [2.24, 2.45) is 10.9 Å². The standard InChI is InChI=1S/C20H34N4O3/c1-15-12-23-18(16(2)19(15)25-4)13-24-20(21-3)22-8-5-9-27-14-17-6-10-26-11-7-17/h12,17H,5-11,13-14H2,1-4H3,(H2,21,22,24). The summed E-state index contributed by atoms with van der Waals surface area (Å²) in [6.07, 6.45) is 5.02. The van der Waals surface area contributed by atoms with Gasteiger partial charge in [-0.3, -0.25) is 9.98 Å². The summed E-state index contributed by atoms with van der Waals surface area (Å²) in [7, 11) is 3.46. The summed E-state index contributed by atoms with van der Waals surface area (Å²) in [4.78, 5) is 8.77. The minimum Gasteiger partial charge on any atom is -0.496 e. The molecular formula is C20H34N4O3. The number of pyridine rings is 1. The topological polar surface area (TPSA) is 77.0 Å². The van der Waals surface area contributed by atoms with Crippen LogP contribution >= 0.6 is 0 Å². The molecule has 152 valence electrons. The molecule has 1 aromatic rings. The van der Waals surface area contributed by atoms with E-state index in [0.717, 1.165) is 80.8 Å². The number of rotatable bonds is 9. The van der Waals surface area contributed by atoms with Gasteiger partial charge in [0, 0.05) is 57.3 Å². The number of methoxy groups -OCH3 is 1. The third kappa shape index (κ3) is 6.99. The first kappa shape index (κ1) is 21.4. The molecule has 1 aromatic heterocycles. The average molecular weight is 379 g/mol. The zero-order valence-electron chi connectivity index (χ0n) is 17.1. The lowest BCUT2D eigenvalue weighted by Crippen LogP contribution is -2.38. The lowest BCUT2D eigenvalue weighted by Gasteiger charge is -2.21. The van der Waals surface area contributed by atoms with Gasteiger partial charge in [0.15, 0.2) is 5.96 Å². The van der Waals surface area contributed by atoms with E-state index in [9.17, 15) is 0 Å². The van der Waals surface area contributed by atoms with Crippen LogP contribution in [0.1, 0.15) is 36.1 Å². The number of aryl methyl sites for hydroxylation is 1. The first-order chi connectivity index (χ1) is 13.2. The molecule has 0 amide bonds. The number of hydrogen-bond acceptors (Lipinski definition) is 5. The Morgan fingerprint density at radius 2 is 2.07 bits per heavy atom. The van der Waals surface area contributed by atoms with Gasteiger partial charge in [0.25, 0.3) is 0 Å². The van der Waals surface area contributed by atoms with Crippen LogP contribution in [0.5, 0.6) is 5.75 Å². The molecule has 1 aliphatic heterocycles. The maximum Gasteiger partial charge on any atom is 0.191 e. The van der Waals surface area contributed by atoms with Gasteiger partial charge in [-0.15, -0.1) is 0 Å². The van der Waals surface area contributed by atoms with Crippen molar-refractivity contribution in [2.75, 3.05) is 47.1 Å². The Hall–Kier alpha value is -1.86. The van der Waals surface area contributed by atoms with Crippen LogP contribution in [-0.4, -0.2) is 58.1 Å². The van der Waals surface area contributed by atoms with Crippen LogP contribution < -0.4 is 15.4 Å². The molecule has 0 aliphatic carbocycles. The van der Waals surface area contributed by atoms with Gasteiger partial charge in [-0.1, -0.05) is 0 Å². The van der Waals surface area contributed by atoms with Gasteiger partial charge in [-0.25, -0.2) is 0 Å². The molecule has 1 saturated heterocycles. The number of aromatic nitrogens is 1. The summed E-state index contributed by atoms with van der Waals surface area (Å²) < 4.78 is 16.6. The summed E-state index contributed by atoms with van der Waals surface area (Å²) in [5, 5.41) is 6.62. The van der Waals surface area contributed by atoms with Gasteiger partial charge in [-0.05, 0) is 39.0 Å². The first-order valence-corrected chi connectivity index (χ1v) is 9.74. The quantitative estimate of drug-likeness (QED) is 0.390. The number of aliphatic imine (C=N–C) groups is 1. The maximum atomic E-state index is 5.79. The second kappa shape index (κ2) is 11.8. The Bertz CT molecular complexity index is 601. The van der Waals surface area contributed by atoms with E-state index in [1.54, 1.807) is 14.2 Å². The molecule has 0 aromatic carbocycles. The van der Waals surface area contributed by atoms with Gasteiger partial charge in [-0.2, -0.15) is 0 Å². The van der Waals surface area contributed by atoms with Crippen molar-refractivity contribution >= 4 is 5.96 Å². The lowest BCUT2D eigenvalue weighted by atomic mass is 10.0. The van der Waals surface area contributed by atoms with Gasteiger partial charge in [0.1, 0.15) is 5.75 Å². The average Bonchev–Trinajstić information content (AvgIpc) is 2.69. The second-order valence-corrected chi connectivity index (χ2v) is 6.88. The van der Waals surface area contributed by atoms with E-state index in [0.29, 0.717) is 12.5 Å². The molecule has 2 rings (SSSR count). The molecule has 27 heavy (non-hydrogen) atoms. The molecule has 2 heterocycles. The SMILES string of the molecule is CN=C(NCCCOCC1CCOCC1)NCc1ncc(C)c(OC)c1C. The van der Waals surface area contributed by atoms with Gasteiger partial charge in [0.05, 0.1) is 19.3 Å². The molecule has 0 saturated carbocycles. The molecule has 0 bridgehead atoms. The number of hydrogen-bond donors (Lipinski definition) is 2. The van der Waals surface area contributed by atoms with Crippen LogP contribution in [0.25, 0.3) is 0 Å². The Morgan fingerprint density at radius 3 is 2.78 bits per heavy atom. The largest absolute Gasteiger partial charge is 0.496 e. The molecule has 0 unspecified atom stereocenters. The van der Waals surface area contributed by atoms with E-state index in [1.165, 1.54) is 0 Å². The van der Waals surface area contributed by atoms with Crippen molar-refractivity contribution in [3.05, 3.63) is 23.0 Å². The van der Waals surface area contributed by atoms with Crippen molar-refractivity contribution in [3.8, 4) is 5.75 Å². The zero-order chi connectivity index (χ0) is 19.5. The fraction of sp³-hybridized carbons (Fsp3) is 0.700. The molecule has 0 radical (unpaired) electrons. The van der Waals surface area contributed by atoms with Crippen LogP contribution in [0.2, 0.25) is 0 Å². The fourth-order valence-corrected chi connectivity index (χ4v) is 3.18. The highest BCUT2D eigenvalue weighted by Gasteiger charge is 2.13. The minimum atomic E-state index is 0.600. The predicted octanol–water partition coefficient (Wildman–Crippen LogP) is 2.21. The highest BCUT2D eigenvalue weighted by atomic mass is 16.5. The molecule has 7 heteroatoms. The highest BCUT2D eigenvalue weighted by Crippen LogP contribution is 2.23. The molecule has 7 nitrogen and oxygen atoms in total. The molecule has 0 atom stereocenters. The smallest absolute Gasteiger partial charge is 0.191 e. The monoisotopic (exact) mass is 378 g/mol. The summed E-state index contributed by atoms with van der Waals surface area (Å²) in [6, 6.07) is 0. The summed E-state index contributed by atoms with van der Waals surface area (Å²) in [5.41, 5.74) is 3.06. The lowest BCUT2D eigenvalue weighted by molar-refractivity contribution is 0.0203. The fourth-order valence-electron chi connectivity index (χ4n) is 3.18. The third-order valence-corrected chi connectivity index (χ3v) is 4.85. The highest BCUT2D eigenvalue weighted by molar-refractivity contribution is 5.79. The van der Waals surface area contributed by atoms with Crippen molar-refractivity contribution in [3.63, 3.8) is 0 Å². The van der Waals surface area contributed by atoms with E-state index in [1.807, 2.05) is 20.0 Å². The number of nitrogens with zero attached hydrogens (tertiary/aromatic N) is 2. The zero-order valence-corrected chi connectivity index (χ0v) is 17.1. The predicted molar refractivity (Wildman–Crippen MR) is 107 cm³/mol. The Balaban J connectivity index is 1.64. The molecule has 1 fully saturated rings. The minimum absolute atomic E-state index is 0.600. The Kier molecular flexibility index (Phi) is 9.35. The maximum absolute atomic E-state index is 5.79. The van der Waals surface area contributed by atoms with Crippen LogP contribution in [0, 0.1) is 19.8 Å². The van der Waals surface area contributed by atoms with E-state index in [-0.39, 0.29) is 0 Å². The van der Waals surface area contributed by atoms with Crippen molar-refractivity contribution in [1.82, 2.24) is 15.6 Å². The van der Waals surface area contributed by atoms with Crippen molar-refractivity contribution in [2.45, 2.75) is 39.7 Å². The van der Waals surface area contributed by atoms with E-state index >= 15 is 0 Å². The van der Waals surface area contributed by atoms with Crippen LogP contribution in [0.15, 0.2) is 11.2 Å². The van der Waals surface area contributed by atoms with E-state index in [4.69, 9.17) is 14.2 Å². The van der Waals surface area contributed by atoms with Crippen LogP contribution in [0.3, 0.4) is 0 Å². The third-order valence-electron chi connectivity index (χ3n) is 4.85. The summed E-state index contributed by atoms with van der Waals surface area (Å²) in [6.45, 7) is 8.80. The van der Waals surface area contributed by atoms with Crippen molar-refractivity contribution < 1.29 is 14.2 Å². The summed E-state index contributed by atoms with van der Waals surface area (Å²) >= 11 is 0. The molecule has 1 aliphatic rings. The van der Waals surface area contributed by atoms with Gasteiger partial charge in [0.2, 0.25) is 0 Å². The second-order valence-electron chi connectivity index (χ2n) is 6.88. The first-order valence-electron chi connectivity index (χ1n) is 9.74. The van der Waals surface area contributed by atoms with E-state index < -0.39 is 0 Å². The number of guanidine groups is 1. The Morgan fingerprint density at radius 1 is 1.30 bits per heavy atom. The van der Waals surface area contributed by atoms with Crippen LogP contribution in [0.4, 0.5) is 0 Å². The van der Waals surface area contributed by atoms with Crippen molar-refractivity contribution in [1.29, 1.82) is 0 Å². The molecular weight excluding hydrogens is 344 g/mol. The number of ether oxygens (including phenoxy) is 3. The Labute approximate surface area is 162 Å². The van der Waals surface area contributed by atoms with Gasteiger partial charge >= 0.3 is 0 Å².